The van der Waals surface area contributed by atoms with Gasteiger partial charge in [0.25, 0.3) is 5.56 Å². The summed E-state index contributed by atoms with van der Waals surface area (Å²) in [5.41, 5.74) is 3.14. The number of benzene rings is 4. The average Bonchev–Trinajstić information content (AvgIpc) is 3.34. The SMILES string of the molecule is CCOC(=O)C1=C(C)N=c2s/c(=C/c3cc(Br)c(OCc4ccc(Cl)cc4)c(OCC)c3)c(=O)n2[C@H]1c1cccc2ccccc12. The minimum absolute atomic E-state index is 0.207. The van der Waals surface area contributed by atoms with E-state index < -0.39 is 12.0 Å². The summed E-state index contributed by atoms with van der Waals surface area (Å²) in [7, 11) is 0. The van der Waals surface area contributed by atoms with Crippen molar-refractivity contribution in [2.75, 3.05) is 13.2 Å². The summed E-state index contributed by atoms with van der Waals surface area (Å²) in [5.74, 6) is 0.607. The Labute approximate surface area is 283 Å². The number of hydrogen-bond donors (Lipinski definition) is 0. The van der Waals surface area contributed by atoms with Crippen LogP contribution in [-0.2, 0) is 16.1 Å². The van der Waals surface area contributed by atoms with Crippen LogP contribution in [0.2, 0.25) is 5.02 Å². The summed E-state index contributed by atoms with van der Waals surface area (Å²) >= 11 is 11.0. The molecule has 1 aromatic heterocycles. The topological polar surface area (TPSA) is 79.1 Å². The van der Waals surface area contributed by atoms with Crippen molar-refractivity contribution < 1.29 is 19.0 Å². The van der Waals surface area contributed by atoms with E-state index in [-0.39, 0.29) is 12.2 Å². The summed E-state index contributed by atoms with van der Waals surface area (Å²) in [5, 5.41) is 2.61. The first-order valence-electron chi connectivity index (χ1n) is 14.8. The van der Waals surface area contributed by atoms with Gasteiger partial charge in [-0.25, -0.2) is 9.79 Å². The van der Waals surface area contributed by atoms with Crippen molar-refractivity contribution in [3.05, 3.63) is 136 Å². The molecule has 234 valence electrons. The molecule has 4 aromatic carbocycles. The van der Waals surface area contributed by atoms with Gasteiger partial charge in [-0.2, -0.15) is 0 Å². The fourth-order valence-corrected chi connectivity index (χ4v) is 7.28. The molecular weight excluding hydrogens is 688 g/mol. The molecule has 0 amide bonds. The highest BCUT2D eigenvalue weighted by Crippen LogP contribution is 2.38. The quantitative estimate of drug-likeness (QED) is 0.149. The molecule has 0 bridgehead atoms. The number of thiazole rings is 1. The number of aromatic nitrogens is 1. The molecule has 1 aliphatic rings. The molecule has 0 radical (unpaired) electrons. The van der Waals surface area contributed by atoms with Gasteiger partial charge in [0, 0.05) is 5.02 Å². The van der Waals surface area contributed by atoms with Gasteiger partial charge >= 0.3 is 5.97 Å². The molecule has 1 aliphatic heterocycles. The van der Waals surface area contributed by atoms with Crippen LogP contribution in [-0.4, -0.2) is 23.8 Å². The Morgan fingerprint density at radius 2 is 1.78 bits per heavy atom. The Kier molecular flexibility index (Phi) is 9.44. The Hall–Kier alpha value is -4.18. The fraction of sp³-hybridized carbons (Fsp3) is 0.194. The second-order valence-corrected chi connectivity index (χ2v) is 12.8. The number of ether oxygens (including phenoxy) is 3. The monoisotopic (exact) mass is 716 g/mol. The highest BCUT2D eigenvalue weighted by molar-refractivity contribution is 9.10. The minimum atomic E-state index is -0.710. The second kappa shape index (κ2) is 13.7. The molecular formula is C36H30BrClN2O5S. The van der Waals surface area contributed by atoms with E-state index in [2.05, 4.69) is 15.9 Å². The van der Waals surface area contributed by atoms with Gasteiger partial charge in [0.05, 0.1) is 39.5 Å². The third kappa shape index (κ3) is 6.27. The normalized spacial score (nSPS) is 14.6. The third-order valence-corrected chi connectivity index (χ3v) is 9.38. The van der Waals surface area contributed by atoms with Crippen LogP contribution in [0.15, 0.2) is 104 Å². The van der Waals surface area contributed by atoms with Crippen molar-refractivity contribution in [2.45, 2.75) is 33.4 Å². The minimum Gasteiger partial charge on any atom is -0.490 e. The lowest BCUT2D eigenvalue weighted by Crippen LogP contribution is -2.40. The maximum Gasteiger partial charge on any atom is 0.338 e. The van der Waals surface area contributed by atoms with E-state index in [1.54, 1.807) is 18.4 Å². The molecule has 46 heavy (non-hydrogen) atoms. The number of halogens is 2. The van der Waals surface area contributed by atoms with Gasteiger partial charge in [-0.3, -0.25) is 9.36 Å². The zero-order valence-corrected chi connectivity index (χ0v) is 28.5. The number of rotatable bonds is 9. The predicted molar refractivity (Wildman–Crippen MR) is 185 cm³/mol. The zero-order chi connectivity index (χ0) is 32.4. The summed E-state index contributed by atoms with van der Waals surface area (Å²) < 4.78 is 20.3. The summed E-state index contributed by atoms with van der Waals surface area (Å²) in [6, 6.07) is 24.3. The van der Waals surface area contributed by atoms with Crippen molar-refractivity contribution in [1.82, 2.24) is 4.57 Å². The van der Waals surface area contributed by atoms with Gasteiger partial charge < -0.3 is 14.2 Å². The number of esters is 1. The van der Waals surface area contributed by atoms with Crippen LogP contribution in [0, 0.1) is 0 Å². The summed E-state index contributed by atoms with van der Waals surface area (Å²) in [6.45, 7) is 6.41. The summed E-state index contributed by atoms with van der Waals surface area (Å²) in [6.07, 6.45) is 1.81. The maximum absolute atomic E-state index is 14.2. The van der Waals surface area contributed by atoms with E-state index in [0.29, 0.717) is 54.8 Å². The van der Waals surface area contributed by atoms with Crippen LogP contribution in [0.1, 0.15) is 43.5 Å². The number of carbonyl (C=O) groups excluding carboxylic acids is 1. The standard InChI is InChI=1S/C36H30BrClN2O5S/c1-4-43-29-18-23(17-28(37)33(29)45-20-22-13-15-25(38)16-14-22)19-30-34(41)40-32(27-12-8-10-24-9-6-7-11-26(24)27)31(35(42)44-5-2)21(3)39-36(40)46-30/h6-19,32H,4-5,20H2,1-3H3/b30-19+/t32-/m0/s1. The molecule has 1 atom stereocenters. The number of fused-ring (bicyclic) bond motifs is 2. The first kappa shape index (κ1) is 31.8. The van der Waals surface area contributed by atoms with E-state index in [4.69, 9.17) is 30.8 Å². The Bertz CT molecular complexity index is 2170. The molecule has 10 heteroatoms. The van der Waals surface area contributed by atoms with Crippen LogP contribution < -0.4 is 24.4 Å². The van der Waals surface area contributed by atoms with Crippen molar-refractivity contribution in [3.8, 4) is 11.5 Å². The van der Waals surface area contributed by atoms with E-state index in [9.17, 15) is 9.59 Å². The fourth-order valence-electron chi connectivity index (χ4n) is 5.54. The number of hydrogen-bond acceptors (Lipinski definition) is 7. The predicted octanol–water partition coefficient (Wildman–Crippen LogP) is 7.35. The number of carbonyl (C=O) groups is 1. The molecule has 0 saturated heterocycles. The first-order valence-corrected chi connectivity index (χ1v) is 16.8. The van der Waals surface area contributed by atoms with Gasteiger partial charge in [0.1, 0.15) is 6.61 Å². The largest absolute Gasteiger partial charge is 0.490 e. The van der Waals surface area contributed by atoms with Gasteiger partial charge in [-0.1, -0.05) is 77.5 Å². The van der Waals surface area contributed by atoms with Crippen LogP contribution in [0.25, 0.3) is 16.8 Å². The molecule has 6 rings (SSSR count). The molecule has 0 unspecified atom stereocenters. The van der Waals surface area contributed by atoms with Crippen LogP contribution >= 0.6 is 38.9 Å². The average molecular weight is 718 g/mol. The van der Waals surface area contributed by atoms with E-state index in [1.807, 2.05) is 91.9 Å². The Morgan fingerprint density at radius 3 is 2.54 bits per heavy atom. The van der Waals surface area contributed by atoms with Crippen molar-refractivity contribution in [1.29, 1.82) is 0 Å². The molecule has 0 N–H and O–H groups in total. The molecule has 0 fully saturated rings. The lowest BCUT2D eigenvalue weighted by molar-refractivity contribution is -0.139. The third-order valence-electron chi connectivity index (χ3n) is 7.56. The second-order valence-electron chi connectivity index (χ2n) is 10.5. The number of nitrogens with zero attached hydrogens (tertiary/aromatic N) is 2. The Balaban J connectivity index is 1.46. The van der Waals surface area contributed by atoms with Crippen LogP contribution in [0.3, 0.4) is 0 Å². The smallest absolute Gasteiger partial charge is 0.338 e. The molecule has 0 spiro atoms. The maximum atomic E-state index is 14.2. The highest BCUT2D eigenvalue weighted by atomic mass is 79.9. The molecule has 0 aliphatic carbocycles. The van der Waals surface area contributed by atoms with E-state index in [0.717, 1.165) is 27.5 Å². The van der Waals surface area contributed by atoms with E-state index in [1.165, 1.54) is 11.3 Å². The van der Waals surface area contributed by atoms with Crippen molar-refractivity contribution in [2.24, 2.45) is 4.99 Å². The number of allylic oxidation sites excluding steroid dienone is 1. The first-order chi connectivity index (χ1) is 22.3. The highest BCUT2D eigenvalue weighted by Gasteiger charge is 2.34. The van der Waals surface area contributed by atoms with Crippen molar-refractivity contribution >= 4 is 61.7 Å². The molecule has 2 heterocycles. The molecule has 0 saturated carbocycles. The van der Waals surface area contributed by atoms with Crippen LogP contribution in [0.4, 0.5) is 0 Å². The molecule has 7 nitrogen and oxygen atoms in total. The molecule has 5 aromatic rings. The lowest BCUT2D eigenvalue weighted by atomic mass is 9.91. The lowest BCUT2D eigenvalue weighted by Gasteiger charge is -2.25. The zero-order valence-electron chi connectivity index (χ0n) is 25.4. The van der Waals surface area contributed by atoms with E-state index >= 15 is 0 Å². The van der Waals surface area contributed by atoms with Crippen LogP contribution in [0.5, 0.6) is 11.5 Å². The van der Waals surface area contributed by atoms with Crippen molar-refractivity contribution in [3.63, 3.8) is 0 Å². The van der Waals surface area contributed by atoms with Gasteiger partial charge in [0.2, 0.25) is 0 Å². The van der Waals surface area contributed by atoms with Gasteiger partial charge in [-0.15, -0.1) is 0 Å². The van der Waals surface area contributed by atoms with Gasteiger partial charge in [-0.05, 0) is 94.5 Å². The summed E-state index contributed by atoms with van der Waals surface area (Å²) in [4.78, 5) is 32.9. The van der Waals surface area contributed by atoms with Gasteiger partial charge in [0.15, 0.2) is 16.3 Å². The Morgan fingerprint density at radius 1 is 1.02 bits per heavy atom.